The summed E-state index contributed by atoms with van der Waals surface area (Å²) < 4.78 is 33.2. The van der Waals surface area contributed by atoms with Crippen LogP contribution >= 0.6 is 0 Å². The zero-order chi connectivity index (χ0) is 24.0. The van der Waals surface area contributed by atoms with Gasteiger partial charge in [0.15, 0.2) is 0 Å². The number of nitrogens with one attached hydrogen (secondary N) is 2. The maximum atomic E-state index is 12.7. The summed E-state index contributed by atoms with van der Waals surface area (Å²) in [6.07, 6.45) is 2.68. The molecule has 0 aliphatic heterocycles. The zero-order valence-corrected chi connectivity index (χ0v) is 18.6. The highest BCUT2D eigenvalue weighted by molar-refractivity contribution is 7.92. The van der Waals surface area contributed by atoms with Crippen LogP contribution in [0.25, 0.3) is 6.08 Å². The molecule has 3 aromatic carbocycles. The van der Waals surface area contributed by atoms with E-state index in [2.05, 4.69) is 10.0 Å². The maximum Gasteiger partial charge on any atom is 0.270 e. The number of hydrogen-bond acceptors (Lipinski definition) is 6. The second-order valence-corrected chi connectivity index (χ2v) is 8.69. The van der Waals surface area contributed by atoms with Gasteiger partial charge in [-0.15, -0.1) is 0 Å². The number of aryl methyl sites for hydroxylation is 1. The summed E-state index contributed by atoms with van der Waals surface area (Å²) >= 11 is 0. The quantitative estimate of drug-likeness (QED) is 0.288. The van der Waals surface area contributed by atoms with Crippen LogP contribution in [0.15, 0.2) is 77.7 Å². The van der Waals surface area contributed by atoms with E-state index in [1.54, 1.807) is 18.2 Å². The van der Waals surface area contributed by atoms with Gasteiger partial charge in [0.1, 0.15) is 5.75 Å². The summed E-state index contributed by atoms with van der Waals surface area (Å²) in [4.78, 5) is 22.5. The number of hydrogen-bond donors (Lipinski definition) is 2. The molecule has 1 amide bonds. The smallest absolute Gasteiger partial charge is 0.270 e. The predicted octanol–water partition coefficient (Wildman–Crippen LogP) is 4.36. The lowest BCUT2D eigenvalue weighted by Crippen LogP contribution is -2.14. The van der Waals surface area contributed by atoms with Crippen LogP contribution in [0.5, 0.6) is 5.75 Å². The SMILES string of the molecule is COc1ccc(C)cc1NS(=O)(=O)c1ccc(NC(=O)/C=C/c2cccc([N+](=O)[O-])c2)cc1. The number of amides is 1. The lowest BCUT2D eigenvalue weighted by Gasteiger charge is -2.13. The molecule has 170 valence electrons. The number of nitro groups is 1. The highest BCUT2D eigenvalue weighted by Crippen LogP contribution is 2.28. The molecule has 0 bridgehead atoms. The number of nitrogens with zero attached hydrogens (tertiary/aromatic N) is 1. The third kappa shape index (κ3) is 6.17. The molecule has 0 heterocycles. The van der Waals surface area contributed by atoms with Crippen LogP contribution in [0, 0.1) is 17.0 Å². The average molecular weight is 468 g/mol. The molecular weight excluding hydrogens is 446 g/mol. The van der Waals surface area contributed by atoms with E-state index in [1.165, 1.54) is 61.7 Å². The molecule has 0 fully saturated rings. The molecule has 0 radical (unpaired) electrons. The minimum absolute atomic E-state index is 0.0104. The van der Waals surface area contributed by atoms with Gasteiger partial charge >= 0.3 is 0 Å². The fourth-order valence-electron chi connectivity index (χ4n) is 2.92. The first-order valence-corrected chi connectivity index (χ1v) is 11.2. The Morgan fingerprint density at radius 1 is 1.06 bits per heavy atom. The Balaban J connectivity index is 1.68. The largest absolute Gasteiger partial charge is 0.495 e. The fourth-order valence-corrected chi connectivity index (χ4v) is 3.98. The first-order chi connectivity index (χ1) is 15.7. The van der Waals surface area contributed by atoms with Crippen molar-refractivity contribution in [2.45, 2.75) is 11.8 Å². The minimum Gasteiger partial charge on any atom is -0.495 e. The molecule has 33 heavy (non-hydrogen) atoms. The van der Waals surface area contributed by atoms with Gasteiger partial charge in [0.25, 0.3) is 15.7 Å². The maximum absolute atomic E-state index is 12.7. The molecule has 0 aliphatic carbocycles. The number of carbonyl (C=O) groups is 1. The normalized spacial score (nSPS) is 11.2. The van der Waals surface area contributed by atoms with Gasteiger partial charge in [0, 0.05) is 23.9 Å². The lowest BCUT2D eigenvalue weighted by atomic mass is 10.2. The minimum atomic E-state index is -3.88. The van der Waals surface area contributed by atoms with E-state index in [1.807, 2.05) is 13.0 Å². The van der Waals surface area contributed by atoms with Crippen LogP contribution in [-0.4, -0.2) is 26.4 Å². The molecule has 0 atom stereocenters. The summed E-state index contributed by atoms with van der Waals surface area (Å²) in [6, 6.07) is 16.7. The van der Waals surface area contributed by atoms with Crippen LogP contribution in [-0.2, 0) is 14.8 Å². The topological polar surface area (TPSA) is 128 Å². The van der Waals surface area contributed by atoms with Crippen molar-refractivity contribution in [2.75, 3.05) is 17.1 Å². The second-order valence-electron chi connectivity index (χ2n) is 7.01. The lowest BCUT2D eigenvalue weighted by molar-refractivity contribution is -0.384. The number of ether oxygens (including phenoxy) is 1. The molecule has 9 nitrogen and oxygen atoms in total. The molecule has 0 aliphatic rings. The molecule has 0 spiro atoms. The Morgan fingerprint density at radius 3 is 2.45 bits per heavy atom. The standard InChI is InChI=1S/C23H21N3O6S/c1-16-6-12-22(32-2)21(14-16)25-33(30,31)20-10-8-18(9-11-20)24-23(27)13-7-17-4-3-5-19(15-17)26(28)29/h3-15,25H,1-2H3,(H,24,27)/b13-7+. The molecule has 3 aromatic rings. The van der Waals surface area contributed by atoms with E-state index in [-0.39, 0.29) is 10.6 Å². The van der Waals surface area contributed by atoms with Gasteiger partial charge in [-0.25, -0.2) is 8.42 Å². The van der Waals surface area contributed by atoms with E-state index in [0.717, 1.165) is 5.56 Å². The van der Waals surface area contributed by atoms with Gasteiger partial charge in [-0.1, -0.05) is 18.2 Å². The molecule has 0 saturated heterocycles. The number of anilines is 2. The summed E-state index contributed by atoms with van der Waals surface area (Å²) in [5.41, 5.74) is 1.99. The zero-order valence-electron chi connectivity index (χ0n) is 17.8. The summed E-state index contributed by atoms with van der Waals surface area (Å²) in [5, 5.41) is 13.4. The van der Waals surface area contributed by atoms with E-state index in [4.69, 9.17) is 4.74 Å². The Hall–Kier alpha value is -4.18. The van der Waals surface area contributed by atoms with Gasteiger partial charge in [0.05, 0.1) is 22.6 Å². The third-order valence-corrected chi connectivity index (χ3v) is 5.92. The molecule has 10 heteroatoms. The number of sulfonamides is 1. The van der Waals surface area contributed by atoms with Gasteiger partial charge in [-0.05, 0) is 60.5 Å². The van der Waals surface area contributed by atoms with E-state index >= 15 is 0 Å². The fraction of sp³-hybridized carbons (Fsp3) is 0.0870. The van der Waals surface area contributed by atoms with Crippen molar-refractivity contribution >= 4 is 39.1 Å². The van der Waals surface area contributed by atoms with E-state index in [0.29, 0.717) is 22.7 Å². The average Bonchev–Trinajstić information content (AvgIpc) is 2.78. The van der Waals surface area contributed by atoms with Crippen molar-refractivity contribution in [2.24, 2.45) is 0 Å². The van der Waals surface area contributed by atoms with Crippen molar-refractivity contribution in [3.05, 3.63) is 94.0 Å². The van der Waals surface area contributed by atoms with Gasteiger partial charge < -0.3 is 10.1 Å². The Bertz CT molecular complexity index is 1320. The molecule has 0 unspecified atom stereocenters. The number of methoxy groups -OCH3 is 1. The summed E-state index contributed by atoms with van der Waals surface area (Å²) in [5.74, 6) is -0.0803. The highest BCUT2D eigenvalue weighted by Gasteiger charge is 2.17. The van der Waals surface area contributed by atoms with Gasteiger partial charge in [-0.2, -0.15) is 0 Å². The number of carbonyl (C=O) groups excluding carboxylic acids is 1. The van der Waals surface area contributed by atoms with Crippen LogP contribution in [0.2, 0.25) is 0 Å². The van der Waals surface area contributed by atoms with Gasteiger partial charge in [0.2, 0.25) is 5.91 Å². The number of nitro benzene ring substituents is 1. The Labute approximate surface area is 190 Å². The van der Waals surface area contributed by atoms with Crippen molar-refractivity contribution in [1.82, 2.24) is 0 Å². The van der Waals surface area contributed by atoms with Crippen molar-refractivity contribution in [1.29, 1.82) is 0 Å². The third-order valence-electron chi connectivity index (χ3n) is 4.54. The van der Waals surface area contributed by atoms with Gasteiger partial charge in [-0.3, -0.25) is 19.6 Å². The molecular formula is C23H21N3O6S. The first kappa shape index (κ1) is 23.5. The van der Waals surface area contributed by atoms with Crippen molar-refractivity contribution in [3.8, 4) is 5.75 Å². The Morgan fingerprint density at radius 2 is 1.79 bits per heavy atom. The highest BCUT2D eigenvalue weighted by atomic mass is 32.2. The van der Waals surface area contributed by atoms with Crippen LogP contribution in [0.3, 0.4) is 0 Å². The summed E-state index contributed by atoms with van der Waals surface area (Å²) in [6.45, 7) is 1.84. The second kappa shape index (κ2) is 9.96. The predicted molar refractivity (Wildman–Crippen MR) is 126 cm³/mol. The first-order valence-electron chi connectivity index (χ1n) is 9.69. The molecule has 0 saturated carbocycles. The number of non-ortho nitro benzene ring substituents is 1. The van der Waals surface area contributed by atoms with Crippen molar-refractivity contribution < 1.29 is 22.9 Å². The number of rotatable bonds is 8. The monoisotopic (exact) mass is 467 g/mol. The van der Waals surface area contributed by atoms with E-state index in [9.17, 15) is 23.3 Å². The van der Waals surface area contributed by atoms with Crippen LogP contribution in [0.4, 0.5) is 17.1 Å². The molecule has 2 N–H and O–H groups in total. The molecule has 0 aromatic heterocycles. The van der Waals surface area contributed by atoms with Crippen LogP contribution < -0.4 is 14.8 Å². The Kier molecular flexibility index (Phi) is 7.09. The molecule has 3 rings (SSSR count). The van der Waals surface area contributed by atoms with Crippen LogP contribution in [0.1, 0.15) is 11.1 Å². The van der Waals surface area contributed by atoms with E-state index < -0.39 is 20.9 Å². The number of benzene rings is 3. The van der Waals surface area contributed by atoms with Crippen molar-refractivity contribution in [3.63, 3.8) is 0 Å². The summed E-state index contributed by atoms with van der Waals surface area (Å²) in [7, 11) is -2.43.